The Balaban J connectivity index is 2.62. The zero-order valence-corrected chi connectivity index (χ0v) is 12.0. The van der Waals surface area contributed by atoms with E-state index in [-0.39, 0.29) is 13.2 Å². The van der Waals surface area contributed by atoms with E-state index in [1.165, 1.54) is 6.20 Å². The molecule has 110 valence electrons. The van der Waals surface area contributed by atoms with Crippen LogP contribution < -0.4 is 10.6 Å². The second-order valence-corrected chi connectivity index (χ2v) is 4.58. The molecule has 0 aliphatic rings. The van der Waals surface area contributed by atoms with Gasteiger partial charge in [0.25, 0.3) is 0 Å². The van der Waals surface area contributed by atoms with E-state index in [1.807, 2.05) is 24.3 Å². The molecule has 0 spiro atoms. The predicted molar refractivity (Wildman–Crippen MR) is 80.2 cm³/mol. The molecule has 6 heteroatoms. The number of benzene rings is 1. The number of para-hydroxylation sites is 1. The third-order valence-corrected chi connectivity index (χ3v) is 3.02. The summed E-state index contributed by atoms with van der Waals surface area (Å²) < 4.78 is 5.05. The van der Waals surface area contributed by atoms with E-state index in [4.69, 9.17) is 10.5 Å². The van der Waals surface area contributed by atoms with Gasteiger partial charge in [-0.2, -0.15) is 0 Å². The predicted octanol–water partition coefficient (Wildman–Crippen LogP) is 1.33. The molecular formula is C15H17N3O3. The molecule has 0 atom stereocenters. The molecule has 1 amide bonds. The van der Waals surface area contributed by atoms with Crippen LogP contribution in [0.15, 0.2) is 30.5 Å². The number of carbonyl (C=O) groups is 2. The van der Waals surface area contributed by atoms with Crippen LogP contribution in [0.5, 0.6) is 0 Å². The minimum Gasteiger partial charge on any atom is -0.462 e. The minimum absolute atomic E-state index is 0.000409. The molecule has 0 fully saturated rings. The maximum atomic E-state index is 12.1. The lowest BCUT2D eigenvalue weighted by Crippen LogP contribution is -2.32. The molecule has 21 heavy (non-hydrogen) atoms. The molecule has 0 saturated carbocycles. The second kappa shape index (κ2) is 6.21. The molecule has 0 unspecified atom stereocenters. The van der Waals surface area contributed by atoms with Gasteiger partial charge in [0.15, 0.2) is 0 Å². The molecule has 0 radical (unpaired) electrons. The van der Waals surface area contributed by atoms with E-state index in [2.05, 4.69) is 4.98 Å². The van der Waals surface area contributed by atoms with Crippen molar-refractivity contribution in [1.82, 2.24) is 4.98 Å². The van der Waals surface area contributed by atoms with Gasteiger partial charge in [-0.1, -0.05) is 18.2 Å². The van der Waals surface area contributed by atoms with Crippen LogP contribution in [0.2, 0.25) is 0 Å². The average Bonchev–Trinajstić information content (AvgIpc) is 2.45. The van der Waals surface area contributed by atoms with Gasteiger partial charge in [0, 0.05) is 18.6 Å². The first-order valence-corrected chi connectivity index (χ1v) is 6.59. The first-order valence-electron chi connectivity index (χ1n) is 6.59. The number of aromatic nitrogens is 1. The van der Waals surface area contributed by atoms with E-state index >= 15 is 0 Å². The lowest BCUT2D eigenvalue weighted by Gasteiger charge is -2.22. The van der Waals surface area contributed by atoms with Crippen LogP contribution in [-0.2, 0) is 9.53 Å². The van der Waals surface area contributed by atoms with Crippen LogP contribution in [0.25, 0.3) is 10.9 Å². The Morgan fingerprint density at radius 1 is 1.33 bits per heavy atom. The third kappa shape index (κ3) is 3.10. The van der Waals surface area contributed by atoms with E-state index in [0.29, 0.717) is 11.3 Å². The first kappa shape index (κ1) is 14.8. The molecule has 1 aromatic heterocycles. The highest BCUT2D eigenvalue weighted by atomic mass is 16.5. The van der Waals surface area contributed by atoms with Crippen molar-refractivity contribution in [3.8, 4) is 0 Å². The summed E-state index contributed by atoms with van der Waals surface area (Å²) in [6.45, 7) is 2.00. The first-order chi connectivity index (χ1) is 10.0. The summed E-state index contributed by atoms with van der Waals surface area (Å²) in [6, 6.07) is 7.39. The Bertz CT molecular complexity index is 685. The Kier molecular flexibility index (Phi) is 4.37. The van der Waals surface area contributed by atoms with Crippen LogP contribution in [0.1, 0.15) is 17.3 Å². The zero-order valence-electron chi connectivity index (χ0n) is 12.0. The van der Waals surface area contributed by atoms with Crippen molar-refractivity contribution in [2.24, 2.45) is 5.73 Å². The highest BCUT2D eigenvalue weighted by Gasteiger charge is 2.20. The number of esters is 1. The van der Waals surface area contributed by atoms with Gasteiger partial charge in [-0.05, 0) is 13.0 Å². The topological polar surface area (TPSA) is 85.5 Å². The van der Waals surface area contributed by atoms with Gasteiger partial charge in [-0.25, -0.2) is 4.79 Å². The number of hydrogen-bond acceptors (Lipinski definition) is 5. The maximum Gasteiger partial charge on any atom is 0.341 e. The van der Waals surface area contributed by atoms with E-state index in [9.17, 15) is 9.59 Å². The van der Waals surface area contributed by atoms with Crippen molar-refractivity contribution in [2.75, 3.05) is 25.1 Å². The van der Waals surface area contributed by atoms with Crippen LogP contribution >= 0.6 is 0 Å². The Morgan fingerprint density at radius 3 is 2.71 bits per heavy atom. The van der Waals surface area contributed by atoms with Gasteiger partial charge in [-0.3, -0.25) is 9.78 Å². The summed E-state index contributed by atoms with van der Waals surface area (Å²) in [6.07, 6.45) is 1.47. The molecule has 2 N–H and O–H groups in total. The lowest BCUT2D eigenvalue weighted by molar-refractivity contribution is -0.116. The number of amides is 1. The third-order valence-electron chi connectivity index (χ3n) is 3.02. The Labute approximate surface area is 122 Å². The summed E-state index contributed by atoms with van der Waals surface area (Å²) in [5.41, 5.74) is 6.89. The van der Waals surface area contributed by atoms with Crippen molar-refractivity contribution in [2.45, 2.75) is 6.92 Å². The zero-order chi connectivity index (χ0) is 15.4. The van der Waals surface area contributed by atoms with Gasteiger partial charge in [0.1, 0.15) is 5.56 Å². The molecule has 6 nitrogen and oxygen atoms in total. The fraction of sp³-hybridized carbons (Fsp3) is 0.267. The van der Waals surface area contributed by atoms with Crippen LogP contribution in [0.4, 0.5) is 5.69 Å². The van der Waals surface area contributed by atoms with Crippen LogP contribution in [0, 0.1) is 0 Å². The summed E-state index contributed by atoms with van der Waals surface area (Å²) in [4.78, 5) is 29.2. The highest BCUT2D eigenvalue weighted by Crippen LogP contribution is 2.29. The van der Waals surface area contributed by atoms with E-state index in [1.54, 1.807) is 18.9 Å². The quantitative estimate of drug-likeness (QED) is 0.839. The number of fused-ring (bicyclic) bond motifs is 1. The standard InChI is InChI=1S/C15H17N3O3/c1-3-21-15(20)11-8-17-12-7-5-4-6-10(12)14(11)18(2)9-13(16)19/h4-8H,3,9H2,1-2H3,(H2,16,19). The molecule has 0 saturated heterocycles. The molecule has 0 aliphatic carbocycles. The number of nitrogens with zero attached hydrogens (tertiary/aromatic N) is 2. The van der Waals surface area contributed by atoms with Crippen LogP contribution in [0.3, 0.4) is 0 Å². The van der Waals surface area contributed by atoms with Crippen molar-refractivity contribution >= 4 is 28.5 Å². The average molecular weight is 287 g/mol. The monoisotopic (exact) mass is 287 g/mol. The van der Waals surface area contributed by atoms with Crippen molar-refractivity contribution in [3.63, 3.8) is 0 Å². The maximum absolute atomic E-state index is 12.1. The van der Waals surface area contributed by atoms with Crippen LogP contribution in [-0.4, -0.2) is 37.1 Å². The number of likely N-dealkylation sites (N-methyl/N-ethyl adjacent to an activating group) is 1. The number of carbonyl (C=O) groups excluding carboxylic acids is 2. The van der Waals surface area contributed by atoms with E-state index < -0.39 is 11.9 Å². The number of anilines is 1. The van der Waals surface area contributed by atoms with Gasteiger partial charge in [0.2, 0.25) is 5.91 Å². The number of ether oxygens (including phenoxy) is 1. The molecule has 1 heterocycles. The Hall–Kier alpha value is -2.63. The Morgan fingerprint density at radius 2 is 2.05 bits per heavy atom. The number of nitrogens with two attached hydrogens (primary N) is 1. The van der Waals surface area contributed by atoms with Gasteiger partial charge in [0.05, 0.1) is 24.4 Å². The fourth-order valence-electron chi connectivity index (χ4n) is 2.21. The number of primary amides is 1. The number of pyridine rings is 1. The fourth-order valence-corrected chi connectivity index (χ4v) is 2.21. The van der Waals surface area contributed by atoms with Gasteiger partial charge < -0.3 is 15.4 Å². The molecule has 0 bridgehead atoms. The largest absolute Gasteiger partial charge is 0.462 e. The summed E-state index contributed by atoms with van der Waals surface area (Å²) in [5, 5.41) is 0.770. The van der Waals surface area contributed by atoms with Gasteiger partial charge in [-0.15, -0.1) is 0 Å². The molecule has 2 rings (SSSR count). The highest BCUT2D eigenvalue weighted by molar-refractivity contribution is 6.05. The normalized spacial score (nSPS) is 10.4. The summed E-state index contributed by atoms with van der Waals surface area (Å²) in [7, 11) is 1.70. The molecular weight excluding hydrogens is 270 g/mol. The second-order valence-electron chi connectivity index (χ2n) is 4.58. The number of rotatable bonds is 5. The molecule has 2 aromatic rings. The smallest absolute Gasteiger partial charge is 0.341 e. The van der Waals surface area contributed by atoms with E-state index in [0.717, 1.165) is 10.9 Å². The van der Waals surface area contributed by atoms with Crippen molar-refractivity contribution in [3.05, 3.63) is 36.0 Å². The van der Waals surface area contributed by atoms with Crippen molar-refractivity contribution < 1.29 is 14.3 Å². The summed E-state index contributed by atoms with van der Waals surface area (Å²) in [5.74, 6) is -0.949. The molecule has 0 aliphatic heterocycles. The van der Waals surface area contributed by atoms with Gasteiger partial charge >= 0.3 is 5.97 Å². The number of hydrogen-bond donors (Lipinski definition) is 1. The lowest BCUT2D eigenvalue weighted by atomic mass is 10.1. The van der Waals surface area contributed by atoms with Crippen molar-refractivity contribution in [1.29, 1.82) is 0 Å². The molecule has 1 aromatic carbocycles. The summed E-state index contributed by atoms with van der Waals surface area (Å²) >= 11 is 0. The minimum atomic E-state index is -0.479. The SMILES string of the molecule is CCOC(=O)c1cnc2ccccc2c1N(C)CC(N)=O.